The number of hydroxylamine groups is 1. The fraction of sp³-hybridized carbons (Fsp3) is 0.222. The number of hydrogen-bond acceptors (Lipinski definition) is 4. The number of amidine groups is 1. The number of anilines is 1. The van der Waals surface area contributed by atoms with Gasteiger partial charge in [-0.05, 0) is 19.1 Å². The van der Waals surface area contributed by atoms with Gasteiger partial charge in [0.05, 0.1) is 0 Å². The molecule has 1 aromatic rings. The second-order valence-electron chi connectivity index (χ2n) is 3.02. The molecule has 0 aliphatic rings. The van der Waals surface area contributed by atoms with Gasteiger partial charge in [-0.25, -0.2) is 4.98 Å². The first-order valence-electron chi connectivity index (χ1n) is 4.44. The molecule has 1 unspecified atom stereocenters. The van der Waals surface area contributed by atoms with Crippen molar-refractivity contribution in [1.29, 1.82) is 5.41 Å². The van der Waals surface area contributed by atoms with Gasteiger partial charge in [0, 0.05) is 11.8 Å². The minimum absolute atomic E-state index is 0.170. The summed E-state index contributed by atoms with van der Waals surface area (Å²) >= 11 is 5.57. The van der Waals surface area contributed by atoms with E-state index >= 15 is 0 Å². The molecule has 6 nitrogen and oxygen atoms in total. The molecule has 0 aliphatic carbocycles. The van der Waals surface area contributed by atoms with Crippen molar-refractivity contribution in [1.82, 2.24) is 10.5 Å². The molecule has 0 saturated carbocycles. The summed E-state index contributed by atoms with van der Waals surface area (Å²) in [5.41, 5.74) is 2.10. The molecule has 7 heteroatoms. The lowest BCUT2D eigenvalue weighted by Crippen LogP contribution is -2.22. The van der Waals surface area contributed by atoms with Crippen LogP contribution in [0.4, 0.5) is 5.82 Å². The van der Waals surface area contributed by atoms with Gasteiger partial charge in [-0.15, -0.1) is 11.6 Å². The highest BCUT2D eigenvalue weighted by Gasteiger charge is 2.09. The van der Waals surface area contributed by atoms with E-state index in [9.17, 15) is 4.79 Å². The second-order valence-corrected chi connectivity index (χ2v) is 3.68. The summed E-state index contributed by atoms with van der Waals surface area (Å²) in [5.74, 6) is -0.180. The summed E-state index contributed by atoms with van der Waals surface area (Å²) in [5, 5.41) is 17.6. The van der Waals surface area contributed by atoms with Gasteiger partial charge in [-0.3, -0.25) is 20.9 Å². The number of aromatic nitrogens is 1. The van der Waals surface area contributed by atoms with E-state index in [0.717, 1.165) is 0 Å². The van der Waals surface area contributed by atoms with Crippen LogP contribution in [0.1, 0.15) is 12.5 Å². The number of pyridine rings is 1. The fourth-order valence-electron chi connectivity index (χ4n) is 0.906. The van der Waals surface area contributed by atoms with Crippen molar-refractivity contribution in [2.75, 3.05) is 5.32 Å². The molecule has 86 valence electrons. The second kappa shape index (κ2) is 5.43. The predicted molar refractivity (Wildman–Crippen MR) is 59.9 cm³/mol. The Kier molecular flexibility index (Phi) is 4.21. The third-order valence-corrected chi connectivity index (χ3v) is 1.97. The summed E-state index contributed by atoms with van der Waals surface area (Å²) in [4.78, 5) is 15.1. The van der Waals surface area contributed by atoms with Gasteiger partial charge in [-0.2, -0.15) is 0 Å². The van der Waals surface area contributed by atoms with Crippen LogP contribution < -0.4 is 10.8 Å². The molecule has 1 rings (SSSR count). The van der Waals surface area contributed by atoms with Crippen LogP contribution in [0.3, 0.4) is 0 Å². The maximum absolute atomic E-state index is 11.2. The lowest BCUT2D eigenvalue weighted by Gasteiger charge is -2.06. The molecule has 0 radical (unpaired) electrons. The molecular formula is C9H11ClN4O2. The Balaban J connectivity index is 2.72. The Morgan fingerprint density at radius 1 is 1.62 bits per heavy atom. The van der Waals surface area contributed by atoms with Crippen LogP contribution in [-0.4, -0.2) is 27.3 Å². The van der Waals surface area contributed by atoms with E-state index in [0.29, 0.717) is 11.4 Å². The van der Waals surface area contributed by atoms with Gasteiger partial charge < -0.3 is 5.32 Å². The maximum atomic E-state index is 11.2. The van der Waals surface area contributed by atoms with E-state index < -0.39 is 5.38 Å². The van der Waals surface area contributed by atoms with Crippen LogP contribution in [0.5, 0.6) is 0 Å². The third kappa shape index (κ3) is 3.18. The normalized spacial score (nSPS) is 11.7. The van der Waals surface area contributed by atoms with Gasteiger partial charge in [0.1, 0.15) is 11.2 Å². The van der Waals surface area contributed by atoms with E-state index in [1.807, 2.05) is 0 Å². The molecule has 0 fully saturated rings. The number of hydrogen-bond donors (Lipinski definition) is 4. The highest BCUT2D eigenvalue weighted by molar-refractivity contribution is 6.32. The molecule has 0 saturated heterocycles. The predicted octanol–water partition coefficient (Wildman–Crippen LogP) is 0.952. The largest absolute Gasteiger partial charge is 0.309 e. The van der Waals surface area contributed by atoms with E-state index in [-0.39, 0.29) is 11.7 Å². The van der Waals surface area contributed by atoms with Gasteiger partial charge >= 0.3 is 0 Å². The summed E-state index contributed by atoms with van der Waals surface area (Å²) < 4.78 is 0. The van der Waals surface area contributed by atoms with Gasteiger partial charge in [-0.1, -0.05) is 0 Å². The van der Waals surface area contributed by atoms with Crippen LogP contribution >= 0.6 is 11.6 Å². The molecule has 1 heterocycles. The number of amides is 1. The van der Waals surface area contributed by atoms with Gasteiger partial charge in [0.15, 0.2) is 5.84 Å². The summed E-state index contributed by atoms with van der Waals surface area (Å²) in [6, 6.07) is 3.05. The fourth-order valence-corrected chi connectivity index (χ4v) is 0.960. The Hall–Kier alpha value is -1.66. The van der Waals surface area contributed by atoms with Gasteiger partial charge in [0.2, 0.25) is 5.91 Å². The summed E-state index contributed by atoms with van der Waals surface area (Å²) in [7, 11) is 0. The van der Waals surface area contributed by atoms with E-state index in [1.54, 1.807) is 12.4 Å². The van der Waals surface area contributed by atoms with Crippen LogP contribution in [0.2, 0.25) is 0 Å². The molecule has 1 amide bonds. The monoisotopic (exact) mass is 242 g/mol. The minimum Gasteiger partial charge on any atom is -0.309 e. The first kappa shape index (κ1) is 12.4. The number of nitrogens with one attached hydrogen (secondary N) is 3. The van der Waals surface area contributed by atoms with Crippen molar-refractivity contribution in [2.45, 2.75) is 12.3 Å². The Morgan fingerprint density at radius 3 is 2.75 bits per heavy atom. The molecule has 0 aliphatic heterocycles. The maximum Gasteiger partial charge on any atom is 0.243 e. The number of carbonyl (C=O) groups excluding carboxylic acids is 1. The quantitative estimate of drug-likeness (QED) is 0.275. The zero-order chi connectivity index (χ0) is 12.1. The first-order chi connectivity index (χ1) is 7.54. The number of halogens is 1. The summed E-state index contributed by atoms with van der Waals surface area (Å²) in [6.45, 7) is 1.55. The number of carbonyl (C=O) groups is 1. The first-order valence-corrected chi connectivity index (χ1v) is 4.88. The molecule has 1 aromatic heterocycles. The molecule has 16 heavy (non-hydrogen) atoms. The molecular weight excluding hydrogens is 232 g/mol. The molecule has 4 N–H and O–H groups in total. The Morgan fingerprint density at radius 2 is 2.31 bits per heavy atom. The van der Waals surface area contributed by atoms with Crippen molar-refractivity contribution in [3.63, 3.8) is 0 Å². The van der Waals surface area contributed by atoms with Crippen molar-refractivity contribution in [2.24, 2.45) is 0 Å². The smallest absolute Gasteiger partial charge is 0.243 e. The van der Waals surface area contributed by atoms with Crippen molar-refractivity contribution in [3.8, 4) is 0 Å². The SMILES string of the molecule is CC(Cl)C(=O)Nc1ccc(C(=N)NO)cn1. The lowest BCUT2D eigenvalue weighted by molar-refractivity contribution is -0.115. The standard InChI is InChI=1S/C9H11ClN4O2/c1-5(10)9(15)13-7-3-2-6(4-12-7)8(11)14-16/h2-5,16H,1H3,(H2,11,14)(H,12,13,15). The van der Waals surface area contributed by atoms with Gasteiger partial charge in [0.25, 0.3) is 0 Å². The lowest BCUT2D eigenvalue weighted by atomic mass is 10.2. The van der Waals surface area contributed by atoms with E-state index in [1.165, 1.54) is 18.3 Å². The molecule has 0 bridgehead atoms. The third-order valence-electron chi connectivity index (χ3n) is 1.78. The molecule has 0 aromatic carbocycles. The Labute approximate surface area is 97.1 Å². The average molecular weight is 243 g/mol. The van der Waals surface area contributed by atoms with Crippen molar-refractivity contribution < 1.29 is 10.0 Å². The van der Waals surface area contributed by atoms with Crippen LogP contribution in [0.25, 0.3) is 0 Å². The average Bonchev–Trinajstić information content (AvgIpc) is 2.28. The van der Waals surface area contributed by atoms with Crippen LogP contribution in [-0.2, 0) is 4.79 Å². The Bertz CT molecular complexity index is 391. The summed E-state index contributed by atoms with van der Waals surface area (Å²) in [6.07, 6.45) is 1.35. The van der Waals surface area contributed by atoms with E-state index in [2.05, 4.69) is 10.3 Å². The highest BCUT2D eigenvalue weighted by Crippen LogP contribution is 2.06. The van der Waals surface area contributed by atoms with Crippen LogP contribution in [0.15, 0.2) is 18.3 Å². The zero-order valence-corrected chi connectivity index (χ0v) is 9.25. The number of alkyl halides is 1. The number of nitrogens with zero attached hydrogens (tertiary/aromatic N) is 1. The van der Waals surface area contributed by atoms with E-state index in [4.69, 9.17) is 22.2 Å². The highest BCUT2D eigenvalue weighted by atomic mass is 35.5. The van der Waals surface area contributed by atoms with Crippen molar-refractivity contribution >= 4 is 29.2 Å². The molecule has 0 spiro atoms. The molecule has 1 atom stereocenters. The topological polar surface area (TPSA) is 98.1 Å². The number of rotatable bonds is 3. The van der Waals surface area contributed by atoms with Crippen molar-refractivity contribution in [3.05, 3.63) is 23.9 Å². The zero-order valence-electron chi connectivity index (χ0n) is 8.49. The van der Waals surface area contributed by atoms with Crippen LogP contribution in [0, 0.1) is 5.41 Å². The minimum atomic E-state index is -0.640.